The van der Waals surface area contributed by atoms with Gasteiger partial charge in [0.2, 0.25) is 0 Å². The maximum atomic E-state index is 5.70. The molecular weight excluding hydrogens is 198 g/mol. The van der Waals surface area contributed by atoms with Gasteiger partial charge in [-0.05, 0) is 33.0 Å². The zero-order chi connectivity index (χ0) is 9.97. The molecule has 0 aromatic carbocycles. The zero-order valence-corrected chi connectivity index (χ0v) is 9.22. The van der Waals surface area contributed by atoms with Gasteiger partial charge < -0.3 is 9.88 Å². The molecule has 0 bridgehead atoms. The predicted molar refractivity (Wildman–Crippen MR) is 57.6 cm³/mol. The summed E-state index contributed by atoms with van der Waals surface area (Å²) in [7, 11) is 2.17. The quantitative estimate of drug-likeness (QED) is 0.762. The molecule has 0 atom stereocenters. The van der Waals surface area contributed by atoms with Crippen LogP contribution in [0.5, 0.6) is 0 Å². The van der Waals surface area contributed by atoms with Crippen LogP contribution in [0.1, 0.15) is 30.3 Å². The summed E-state index contributed by atoms with van der Waals surface area (Å²) in [6, 6.07) is 0. The van der Waals surface area contributed by atoms with Crippen molar-refractivity contribution in [1.29, 1.82) is 0 Å². The van der Waals surface area contributed by atoms with Crippen molar-refractivity contribution in [2.75, 3.05) is 20.1 Å². The Morgan fingerprint density at radius 2 is 2.29 bits per heavy atom. The average Bonchev–Trinajstić information content (AvgIpc) is 2.67. The molecule has 4 heteroatoms. The third-order valence-corrected chi connectivity index (χ3v) is 3.19. The van der Waals surface area contributed by atoms with Crippen molar-refractivity contribution in [1.82, 2.24) is 14.9 Å². The minimum Gasteiger partial charge on any atom is -0.345 e. The Hall–Kier alpha value is -0.540. The van der Waals surface area contributed by atoms with Crippen LogP contribution in [0.4, 0.5) is 0 Å². The van der Waals surface area contributed by atoms with Gasteiger partial charge in [-0.1, -0.05) is 0 Å². The largest absolute Gasteiger partial charge is 0.345 e. The van der Waals surface area contributed by atoms with Crippen molar-refractivity contribution >= 4 is 11.6 Å². The molecule has 1 aromatic rings. The molecule has 0 radical (unpaired) electrons. The molecule has 1 aliphatic heterocycles. The summed E-state index contributed by atoms with van der Waals surface area (Å²) < 4.78 is 0. The summed E-state index contributed by atoms with van der Waals surface area (Å²) in [6.45, 7) is 2.36. The molecule has 0 spiro atoms. The molecule has 1 saturated heterocycles. The van der Waals surface area contributed by atoms with Crippen molar-refractivity contribution in [3.05, 3.63) is 17.7 Å². The van der Waals surface area contributed by atoms with Crippen molar-refractivity contribution in [3.8, 4) is 0 Å². The molecular formula is C10H16ClN3. The van der Waals surface area contributed by atoms with Gasteiger partial charge in [0, 0.05) is 17.8 Å². The standard InChI is InChI=1S/C10H16ClN3/c1-14-4-2-8(3-5-14)9-7-12-10(6-11)13-9/h7-8H,2-6H2,1H3,(H,12,13). The highest BCUT2D eigenvalue weighted by molar-refractivity contribution is 6.16. The fourth-order valence-corrected chi connectivity index (χ4v) is 2.11. The van der Waals surface area contributed by atoms with Crippen molar-refractivity contribution < 1.29 is 0 Å². The third kappa shape index (κ3) is 2.10. The molecule has 0 aliphatic carbocycles. The molecule has 3 nitrogen and oxygen atoms in total. The van der Waals surface area contributed by atoms with Crippen LogP contribution >= 0.6 is 11.6 Å². The number of imidazole rings is 1. The number of nitrogens with zero attached hydrogens (tertiary/aromatic N) is 2. The van der Waals surface area contributed by atoms with Crippen LogP contribution in [-0.4, -0.2) is 35.0 Å². The normalized spacial score (nSPS) is 20.1. The minimum absolute atomic E-state index is 0.479. The van der Waals surface area contributed by atoms with Crippen LogP contribution in [-0.2, 0) is 5.88 Å². The van der Waals surface area contributed by atoms with E-state index in [1.807, 2.05) is 6.20 Å². The van der Waals surface area contributed by atoms with Crippen LogP contribution in [0.25, 0.3) is 0 Å². The van der Waals surface area contributed by atoms with Gasteiger partial charge in [-0.2, -0.15) is 0 Å². The van der Waals surface area contributed by atoms with Crippen molar-refractivity contribution in [2.45, 2.75) is 24.6 Å². The Morgan fingerprint density at radius 3 is 2.86 bits per heavy atom. The first kappa shape index (κ1) is 9.99. The highest BCUT2D eigenvalue weighted by Crippen LogP contribution is 2.25. The summed E-state index contributed by atoms with van der Waals surface area (Å²) >= 11 is 5.70. The highest BCUT2D eigenvalue weighted by Gasteiger charge is 2.19. The molecule has 1 aromatic heterocycles. The Bertz CT molecular complexity index is 289. The molecule has 78 valence electrons. The fraction of sp³-hybridized carbons (Fsp3) is 0.700. The molecule has 1 aliphatic rings. The van der Waals surface area contributed by atoms with Crippen molar-refractivity contribution in [2.24, 2.45) is 0 Å². The maximum absolute atomic E-state index is 5.70. The van der Waals surface area contributed by atoms with E-state index in [0.29, 0.717) is 11.8 Å². The maximum Gasteiger partial charge on any atom is 0.121 e. The van der Waals surface area contributed by atoms with Crippen LogP contribution in [0.15, 0.2) is 6.20 Å². The highest BCUT2D eigenvalue weighted by atomic mass is 35.5. The van der Waals surface area contributed by atoms with Gasteiger partial charge in [-0.25, -0.2) is 4.98 Å². The molecule has 2 rings (SSSR count). The summed E-state index contributed by atoms with van der Waals surface area (Å²) in [5.74, 6) is 2.02. The van der Waals surface area contributed by atoms with Gasteiger partial charge in [-0.15, -0.1) is 11.6 Å². The number of aromatic amines is 1. The van der Waals surface area contributed by atoms with E-state index >= 15 is 0 Å². The molecule has 1 fully saturated rings. The first-order valence-electron chi connectivity index (χ1n) is 5.08. The second kappa shape index (κ2) is 4.32. The van der Waals surface area contributed by atoms with Crippen LogP contribution in [0.3, 0.4) is 0 Å². The van der Waals surface area contributed by atoms with E-state index in [1.54, 1.807) is 0 Å². The number of hydrogen-bond acceptors (Lipinski definition) is 2. The average molecular weight is 214 g/mol. The summed E-state index contributed by atoms with van der Waals surface area (Å²) in [5, 5.41) is 0. The van der Waals surface area contributed by atoms with E-state index < -0.39 is 0 Å². The SMILES string of the molecule is CN1CCC(c2cnc(CCl)[nH]2)CC1. The molecule has 0 saturated carbocycles. The molecule has 1 N–H and O–H groups in total. The van der Waals surface area contributed by atoms with E-state index in [4.69, 9.17) is 11.6 Å². The van der Waals surface area contributed by atoms with Gasteiger partial charge >= 0.3 is 0 Å². The number of likely N-dealkylation sites (tertiary alicyclic amines) is 1. The Morgan fingerprint density at radius 1 is 1.57 bits per heavy atom. The summed E-state index contributed by atoms with van der Waals surface area (Å²) in [6.07, 6.45) is 4.38. The molecule has 0 unspecified atom stereocenters. The van der Waals surface area contributed by atoms with E-state index in [1.165, 1.54) is 31.6 Å². The van der Waals surface area contributed by atoms with Gasteiger partial charge in [0.25, 0.3) is 0 Å². The minimum atomic E-state index is 0.479. The lowest BCUT2D eigenvalue weighted by Crippen LogP contribution is -2.29. The van der Waals surface area contributed by atoms with Gasteiger partial charge in [-0.3, -0.25) is 0 Å². The lowest BCUT2D eigenvalue weighted by molar-refractivity contribution is 0.253. The van der Waals surface area contributed by atoms with E-state index in [2.05, 4.69) is 21.9 Å². The number of hydrogen-bond donors (Lipinski definition) is 1. The number of piperidine rings is 1. The Balaban J connectivity index is 2.01. The van der Waals surface area contributed by atoms with E-state index in [-0.39, 0.29) is 0 Å². The first-order chi connectivity index (χ1) is 6.79. The Kier molecular flexibility index (Phi) is 3.08. The van der Waals surface area contributed by atoms with Gasteiger partial charge in [0.1, 0.15) is 5.82 Å². The number of aromatic nitrogens is 2. The van der Waals surface area contributed by atoms with Crippen LogP contribution in [0, 0.1) is 0 Å². The monoisotopic (exact) mass is 213 g/mol. The molecule has 0 amide bonds. The van der Waals surface area contributed by atoms with Gasteiger partial charge in [0.05, 0.1) is 5.88 Å². The number of H-pyrrole nitrogens is 1. The lowest BCUT2D eigenvalue weighted by Gasteiger charge is -2.28. The second-order valence-electron chi connectivity index (χ2n) is 4.00. The number of rotatable bonds is 2. The first-order valence-corrected chi connectivity index (χ1v) is 5.61. The van der Waals surface area contributed by atoms with Crippen LogP contribution in [0.2, 0.25) is 0 Å². The van der Waals surface area contributed by atoms with E-state index in [0.717, 1.165) is 5.82 Å². The van der Waals surface area contributed by atoms with Gasteiger partial charge in [0.15, 0.2) is 0 Å². The second-order valence-corrected chi connectivity index (χ2v) is 4.26. The third-order valence-electron chi connectivity index (χ3n) is 2.93. The number of halogens is 1. The number of nitrogens with one attached hydrogen (secondary N) is 1. The lowest BCUT2D eigenvalue weighted by atomic mass is 9.94. The predicted octanol–water partition coefficient (Wildman–Crippen LogP) is 1.96. The smallest absolute Gasteiger partial charge is 0.121 e. The van der Waals surface area contributed by atoms with Crippen LogP contribution < -0.4 is 0 Å². The molecule has 14 heavy (non-hydrogen) atoms. The Labute approximate surface area is 89.5 Å². The molecule has 2 heterocycles. The summed E-state index contributed by atoms with van der Waals surface area (Å²) in [4.78, 5) is 9.88. The number of alkyl halides is 1. The van der Waals surface area contributed by atoms with E-state index in [9.17, 15) is 0 Å². The fourth-order valence-electron chi connectivity index (χ4n) is 1.97. The topological polar surface area (TPSA) is 31.9 Å². The summed E-state index contributed by atoms with van der Waals surface area (Å²) in [5.41, 5.74) is 1.26. The van der Waals surface area contributed by atoms with Crippen molar-refractivity contribution in [3.63, 3.8) is 0 Å². The zero-order valence-electron chi connectivity index (χ0n) is 8.46.